The van der Waals surface area contributed by atoms with Crippen molar-refractivity contribution >= 4 is 34.8 Å². The number of benzene rings is 3. The highest BCUT2D eigenvalue weighted by Gasteiger charge is 2.14. The minimum atomic E-state index is -0.362. The van der Waals surface area contributed by atoms with Crippen molar-refractivity contribution in [1.29, 1.82) is 0 Å². The van der Waals surface area contributed by atoms with Gasteiger partial charge in [-0.05, 0) is 54.5 Å². The molecule has 0 radical (unpaired) electrons. The zero-order chi connectivity index (χ0) is 23.5. The lowest BCUT2D eigenvalue weighted by Gasteiger charge is -2.14. The topological polar surface area (TPSA) is 79.5 Å². The highest BCUT2D eigenvalue weighted by Crippen LogP contribution is 2.16. The maximum atomic E-state index is 12.7. The Morgan fingerprint density at radius 2 is 1.67 bits per heavy atom. The Kier molecular flexibility index (Phi) is 8.97. The highest BCUT2D eigenvalue weighted by atomic mass is 32.1. The van der Waals surface area contributed by atoms with Crippen molar-refractivity contribution in [1.82, 2.24) is 10.6 Å². The van der Waals surface area contributed by atoms with Crippen molar-refractivity contribution in [3.8, 4) is 5.75 Å². The minimum absolute atomic E-state index is 0.0978. The smallest absolute Gasteiger partial charge is 0.257 e. The molecule has 0 saturated carbocycles. The lowest BCUT2D eigenvalue weighted by Crippen LogP contribution is -2.35. The molecule has 0 aromatic heterocycles. The van der Waals surface area contributed by atoms with E-state index in [-0.39, 0.29) is 16.9 Å². The number of rotatable bonds is 9. The summed E-state index contributed by atoms with van der Waals surface area (Å²) in [6.45, 7) is 3.10. The Hall–Kier alpha value is -3.71. The molecular formula is C26H27N3O3S. The molecule has 0 fully saturated rings. The van der Waals surface area contributed by atoms with Crippen LogP contribution in [0.25, 0.3) is 0 Å². The first kappa shape index (κ1) is 23.9. The zero-order valence-electron chi connectivity index (χ0n) is 18.5. The van der Waals surface area contributed by atoms with Crippen LogP contribution in [-0.2, 0) is 6.54 Å². The fourth-order valence-electron chi connectivity index (χ4n) is 3.05. The molecule has 170 valence electrons. The largest absolute Gasteiger partial charge is 0.494 e. The molecule has 6 nitrogen and oxygen atoms in total. The molecule has 3 aromatic rings. The van der Waals surface area contributed by atoms with Crippen molar-refractivity contribution in [2.75, 3.05) is 11.9 Å². The summed E-state index contributed by atoms with van der Waals surface area (Å²) < 4.78 is 5.66. The van der Waals surface area contributed by atoms with Gasteiger partial charge in [-0.2, -0.15) is 0 Å². The third-order valence-corrected chi connectivity index (χ3v) is 5.01. The van der Waals surface area contributed by atoms with Crippen LogP contribution < -0.4 is 20.7 Å². The minimum Gasteiger partial charge on any atom is -0.494 e. The van der Waals surface area contributed by atoms with Gasteiger partial charge in [0.1, 0.15) is 5.75 Å². The number of unbranched alkanes of at least 4 members (excludes halogenated alkanes) is 1. The molecule has 0 atom stereocenters. The number of amides is 2. The van der Waals surface area contributed by atoms with E-state index >= 15 is 0 Å². The molecule has 3 N–H and O–H groups in total. The Labute approximate surface area is 199 Å². The molecule has 0 unspecified atom stereocenters. The van der Waals surface area contributed by atoms with E-state index in [2.05, 4.69) is 22.9 Å². The van der Waals surface area contributed by atoms with Gasteiger partial charge in [-0.15, -0.1) is 0 Å². The molecule has 33 heavy (non-hydrogen) atoms. The van der Waals surface area contributed by atoms with Gasteiger partial charge in [0.05, 0.1) is 17.9 Å². The molecule has 0 heterocycles. The Balaban J connectivity index is 1.60. The van der Waals surface area contributed by atoms with Crippen molar-refractivity contribution in [2.45, 2.75) is 26.3 Å². The van der Waals surface area contributed by atoms with Gasteiger partial charge in [0.2, 0.25) is 0 Å². The van der Waals surface area contributed by atoms with Crippen LogP contribution in [0.5, 0.6) is 5.75 Å². The third kappa shape index (κ3) is 7.43. The SMILES string of the molecule is CCCCOc1cccc(C(=O)NC(=S)Nc2ccccc2C(=O)NCc2ccccc2)c1. The van der Waals surface area contributed by atoms with Gasteiger partial charge in [0.15, 0.2) is 5.11 Å². The molecule has 0 aliphatic carbocycles. The molecule has 0 spiro atoms. The number of para-hydroxylation sites is 1. The predicted octanol–water partition coefficient (Wildman–Crippen LogP) is 4.92. The summed E-state index contributed by atoms with van der Waals surface area (Å²) in [6, 6.07) is 23.6. The van der Waals surface area contributed by atoms with E-state index in [1.165, 1.54) is 0 Å². The average Bonchev–Trinajstić information content (AvgIpc) is 2.84. The van der Waals surface area contributed by atoms with Crippen molar-refractivity contribution in [2.24, 2.45) is 0 Å². The number of nitrogens with one attached hydrogen (secondary N) is 3. The van der Waals surface area contributed by atoms with E-state index in [4.69, 9.17) is 17.0 Å². The quantitative estimate of drug-likeness (QED) is 0.311. The molecule has 3 aromatic carbocycles. The molecule has 3 rings (SSSR count). The normalized spacial score (nSPS) is 10.2. The van der Waals surface area contributed by atoms with Gasteiger partial charge in [0.25, 0.3) is 11.8 Å². The van der Waals surface area contributed by atoms with E-state index in [9.17, 15) is 9.59 Å². The molecule has 0 aliphatic rings. The number of carbonyl (C=O) groups excluding carboxylic acids is 2. The summed E-state index contributed by atoms with van der Waals surface area (Å²) in [4.78, 5) is 25.3. The summed E-state index contributed by atoms with van der Waals surface area (Å²) in [7, 11) is 0. The number of carbonyl (C=O) groups is 2. The van der Waals surface area contributed by atoms with Gasteiger partial charge in [-0.3, -0.25) is 14.9 Å². The maximum absolute atomic E-state index is 12.7. The third-order valence-electron chi connectivity index (χ3n) is 4.81. The monoisotopic (exact) mass is 461 g/mol. The Bertz CT molecular complexity index is 1100. The van der Waals surface area contributed by atoms with Crippen LogP contribution in [0.15, 0.2) is 78.9 Å². The van der Waals surface area contributed by atoms with Gasteiger partial charge >= 0.3 is 0 Å². The molecule has 7 heteroatoms. The summed E-state index contributed by atoms with van der Waals surface area (Å²) in [5.41, 5.74) is 2.36. The van der Waals surface area contributed by atoms with E-state index in [0.29, 0.717) is 35.7 Å². The molecule has 0 saturated heterocycles. The summed E-state index contributed by atoms with van der Waals surface area (Å²) in [5.74, 6) is 0.0304. The molecule has 0 bridgehead atoms. The lowest BCUT2D eigenvalue weighted by atomic mass is 10.1. The Morgan fingerprint density at radius 3 is 2.45 bits per heavy atom. The lowest BCUT2D eigenvalue weighted by molar-refractivity contribution is 0.0950. The second-order valence-electron chi connectivity index (χ2n) is 7.35. The standard InChI is InChI=1S/C26H27N3O3S/c1-2-3-16-32-21-13-9-12-20(17-21)24(30)29-26(33)28-23-15-8-7-14-22(23)25(31)27-18-19-10-5-4-6-11-19/h4-15,17H,2-3,16,18H2,1H3,(H,27,31)(H2,28,29,30,33). The number of ether oxygens (including phenoxy) is 1. The first-order valence-corrected chi connectivity index (χ1v) is 11.2. The average molecular weight is 462 g/mol. The second kappa shape index (κ2) is 12.4. The predicted molar refractivity (Wildman–Crippen MR) is 135 cm³/mol. The van der Waals surface area contributed by atoms with Crippen molar-refractivity contribution < 1.29 is 14.3 Å². The van der Waals surface area contributed by atoms with E-state index < -0.39 is 0 Å². The van der Waals surface area contributed by atoms with Crippen molar-refractivity contribution in [3.63, 3.8) is 0 Å². The second-order valence-corrected chi connectivity index (χ2v) is 7.76. The summed E-state index contributed by atoms with van der Waals surface area (Å²) in [6.07, 6.45) is 1.98. The van der Waals surface area contributed by atoms with Crippen LogP contribution in [0.3, 0.4) is 0 Å². The van der Waals surface area contributed by atoms with Crippen LogP contribution in [0, 0.1) is 0 Å². The molecular weight excluding hydrogens is 434 g/mol. The first-order valence-electron chi connectivity index (χ1n) is 10.8. The van der Waals surface area contributed by atoms with Crippen LogP contribution >= 0.6 is 12.2 Å². The number of thiocarbonyl (C=S) groups is 1. The number of hydrogen-bond donors (Lipinski definition) is 3. The number of anilines is 1. The van der Waals surface area contributed by atoms with Gasteiger partial charge in [-0.1, -0.05) is 61.9 Å². The summed E-state index contributed by atoms with van der Waals surface area (Å²) >= 11 is 5.31. The Morgan fingerprint density at radius 1 is 0.909 bits per heavy atom. The maximum Gasteiger partial charge on any atom is 0.257 e. The fraction of sp³-hybridized carbons (Fsp3) is 0.192. The van der Waals surface area contributed by atoms with E-state index in [1.54, 1.807) is 42.5 Å². The van der Waals surface area contributed by atoms with Gasteiger partial charge in [-0.25, -0.2) is 0 Å². The molecule has 0 aliphatic heterocycles. The summed E-state index contributed by atoms with van der Waals surface area (Å²) in [5, 5.41) is 8.61. The van der Waals surface area contributed by atoms with Gasteiger partial charge < -0.3 is 15.4 Å². The van der Waals surface area contributed by atoms with Crippen molar-refractivity contribution in [3.05, 3.63) is 95.6 Å². The zero-order valence-corrected chi connectivity index (χ0v) is 19.3. The molecule has 2 amide bonds. The van der Waals surface area contributed by atoms with Crippen LogP contribution in [0.2, 0.25) is 0 Å². The first-order chi connectivity index (χ1) is 16.1. The van der Waals surface area contributed by atoms with Crippen LogP contribution in [0.1, 0.15) is 46.0 Å². The van der Waals surface area contributed by atoms with E-state index in [0.717, 1.165) is 18.4 Å². The van der Waals surface area contributed by atoms with Gasteiger partial charge in [0, 0.05) is 12.1 Å². The van der Waals surface area contributed by atoms with Crippen LogP contribution in [-0.4, -0.2) is 23.5 Å². The highest BCUT2D eigenvalue weighted by molar-refractivity contribution is 7.80. The van der Waals surface area contributed by atoms with E-state index in [1.807, 2.05) is 36.4 Å². The van der Waals surface area contributed by atoms with Crippen LogP contribution in [0.4, 0.5) is 5.69 Å². The fourth-order valence-corrected chi connectivity index (χ4v) is 3.26. The number of hydrogen-bond acceptors (Lipinski definition) is 4.